The summed E-state index contributed by atoms with van der Waals surface area (Å²) >= 11 is 0. The fraction of sp³-hybridized carbons (Fsp3) is 0.500. The van der Waals surface area contributed by atoms with E-state index in [1.807, 2.05) is 13.8 Å². The van der Waals surface area contributed by atoms with Crippen molar-refractivity contribution in [2.75, 3.05) is 6.54 Å². The fourth-order valence-corrected chi connectivity index (χ4v) is 1.06. The SMILES string of the molecule is C=C(C)CNC(=O)c1n[nH]c(CCC)n1. The maximum atomic E-state index is 11.5. The smallest absolute Gasteiger partial charge is 0.291 e. The summed E-state index contributed by atoms with van der Waals surface area (Å²) in [5, 5.41) is 9.24. The van der Waals surface area contributed by atoms with Crippen molar-refractivity contribution < 1.29 is 4.79 Å². The highest BCUT2D eigenvalue weighted by Crippen LogP contribution is 1.96. The van der Waals surface area contributed by atoms with Crippen molar-refractivity contribution >= 4 is 5.91 Å². The van der Waals surface area contributed by atoms with Gasteiger partial charge in [-0.05, 0) is 13.3 Å². The molecule has 1 aromatic rings. The van der Waals surface area contributed by atoms with E-state index in [0.29, 0.717) is 6.54 Å². The van der Waals surface area contributed by atoms with Crippen LogP contribution in [-0.2, 0) is 6.42 Å². The number of amides is 1. The van der Waals surface area contributed by atoms with Gasteiger partial charge < -0.3 is 5.32 Å². The van der Waals surface area contributed by atoms with Crippen LogP contribution >= 0.6 is 0 Å². The molecule has 5 heteroatoms. The summed E-state index contributed by atoms with van der Waals surface area (Å²) in [4.78, 5) is 15.5. The molecular formula is C10H16N4O. The highest BCUT2D eigenvalue weighted by molar-refractivity contribution is 5.90. The molecule has 0 saturated carbocycles. The van der Waals surface area contributed by atoms with Crippen molar-refractivity contribution in [2.45, 2.75) is 26.7 Å². The lowest BCUT2D eigenvalue weighted by Gasteiger charge is -1.99. The van der Waals surface area contributed by atoms with Crippen LogP contribution in [0.4, 0.5) is 0 Å². The van der Waals surface area contributed by atoms with Crippen molar-refractivity contribution in [2.24, 2.45) is 0 Å². The number of carbonyl (C=O) groups excluding carboxylic acids is 1. The molecule has 0 unspecified atom stereocenters. The molecule has 0 aliphatic carbocycles. The van der Waals surface area contributed by atoms with Crippen LogP contribution in [0.3, 0.4) is 0 Å². The van der Waals surface area contributed by atoms with E-state index < -0.39 is 0 Å². The zero-order valence-electron chi connectivity index (χ0n) is 9.13. The lowest BCUT2D eigenvalue weighted by molar-refractivity contribution is 0.0947. The Bertz CT molecular complexity index is 356. The second-order valence-electron chi connectivity index (χ2n) is 3.50. The highest BCUT2D eigenvalue weighted by atomic mass is 16.2. The van der Waals surface area contributed by atoms with Gasteiger partial charge in [0, 0.05) is 13.0 Å². The molecule has 0 aliphatic rings. The number of nitrogens with zero attached hydrogens (tertiary/aromatic N) is 2. The first-order chi connectivity index (χ1) is 7.13. The number of rotatable bonds is 5. The quantitative estimate of drug-likeness (QED) is 0.711. The second-order valence-corrected chi connectivity index (χ2v) is 3.50. The molecule has 1 amide bonds. The second kappa shape index (κ2) is 5.29. The Labute approximate surface area is 89.0 Å². The van der Waals surface area contributed by atoms with E-state index in [2.05, 4.69) is 27.1 Å². The van der Waals surface area contributed by atoms with Gasteiger partial charge in [-0.3, -0.25) is 9.89 Å². The minimum Gasteiger partial charge on any atom is -0.346 e. The summed E-state index contributed by atoms with van der Waals surface area (Å²) < 4.78 is 0. The number of aromatic nitrogens is 3. The minimum absolute atomic E-state index is 0.194. The van der Waals surface area contributed by atoms with E-state index in [9.17, 15) is 4.79 Å². The Morgan fingerprint density at radius 2 is 2.33 bits per heavy atom. The Balaban J connectivity index is 2.54. The van der Waals surface area contributed by atoms with Gasteiger partial charge in [-0.15, -0.1) is 5.10 Å². The summed E-state index contributed by atoms with van der Waals surface area (Å²) in [6.45, 7) is 8.04. The van der Waals surface area contributed by atoms with Crippen LogP contribution in [0.15, 0.2) is 12.2 Å². The first kappa shape index (κ1) is 11.4. The average Bonchev–Trinajstić information content (AvgIpc) is 2.63. The van der Waals surface area contributed by atoms with Crippen molar-refractivity contribution in [1.29, 1.82) is 0 Å². The maximum Gasteiger partial charge on any atom is 0.291 e. The van der Waals surface area contributed by atoms with Crippen LogP contribution in [0.1, 0.15) is 36.7 Å². The zero-order valence-corrected chi connectivity index (χ0v) is 9.13. The van der Waals surface area contributed by atoms with Gasteiger partial charge >= 0.3 is 0 Å². The van der Waals surface area contributed by atoms with Gasteiger partial charge in [-0.25, -0.2) is 4.98 Å². The Morgan fingerprint density at radius 3 is 2.93 bits per heavy atom. The van der Waals surface area contributed by atoms with E-state index in [4.69, 9.17) is 0 Å². The van der Waals surface area contributed by atoms with Gasteiger partial charge in [-0.2, -0.15) is 0 Å². The number of carbonyl (C=O) groups is 1. The summed E-state index contributed by atoms with van der Waals surface area (Å²) in [5.41, 5.74) is 0.896. The average molecular weight is 208 g/mol. The lowest BCUT2D eigenvalue weighted by Crippen LogP contribution is -2.25. The topological polar surface area (TPSA) is 70.7 Å². The Hall–Kier alpha value is -1.65. The molecule has 15 heavy (non-hydrogen) atoms. The molecular weight excluding hydrogens is 192 g/mol. The highest BCUT2D eigenvalue weighted by Gasteiger charge is 2.10. The number of hydrogen-bond acceptors (Lipinski definition) is 3. The molecule has 2 N–H and O–H groups in total. The van der Waals surface area contributed by atoms with Crippen molar-refractivity contribution in [1.82, 2.24) is 20.5 Å². The van der Waals surface area contributed by atoms with E-state index in [-0.39, 0.29) is 11.7 Å². The van der Waals surface area contributed by atoms with Crippen molar-refractivity contribution in [3.63, 3.8) is 0 Å². The molecule has 82 valence electrons. The molecule has 1 aromatic heterocycles. The van der Waals surface area contributed by atoms with Gasteiger partial charge in [-0.1, -0.05) is 19.1 Å². The molecule has 0 aliphatic heterocycles. The molecule has 0 bridgehead atoms. The van der Waals surface area contributed by atoms with Gasteiger partial charge in [0.25, 0.3) is 5.91 Å². The van der Waals surface area contributed by atoms with Crippen LogP contribution < -0.4 is 5.32 Å². The maximum absolute atomic E-state index is 11.5. The molecule has 0 aromatic carbocycles. The monoisotopic (exact) mass is 208 g/mol. The minimum atomic E-state index is -0.267. The normalized spacial score (nSPS) is 10.0. The summed E-state index contributed by atoms with van der Waals surface area (Å²) in [6.07, 6.45) is 1.78. The molecule has 0 saturated heterocycles. The molecule has 1 rings (SSSR count). The van der Waals surface area contributed by atoms with Crippen LogP contribution in [0.5, 0.6) is 0 Å². The van der Waals surface area contributed by atoms with Gasteiger partial charge in [0.1, 0.15) is 5.82 Å². The van der Waals surface area contributed by atoms with Crippen LogP contribution in [0.2, 0.25) is 0 Å². The number of hydrogen-bond donors (Lipinski definition) is 2. The summed E-state index contributed by atoms with van der Waals surface area (Å²) in [6, 6.07) is 0. The third-order valence-corrected chi connectivity index (χ3v) is 1.77. The number of aromatic amines is 1. The predicted molar refractivity (Wildman–Crippen MR) is 57.5 cm³/mol. The molecule has 0 atom stereocenters. The molecule has 0 spiro atoms. The van der Waals surface area contributed by atoms with Crippen molar-refractivity contribution in [3.8, 4) is 0 Å². The zero-order chi connectivity index (χ0) is 11.3. The number of aryl methyl sites for hydroxylation is 1. The largest absolute Gasteiger partial charge is 0.346 e. The molecule has 1 heterocycles. The third-order valence-electron chi connectivity index (χ3n) is 1.77. The Kier molecular flexibility index (Phi) is 4.03. The Morgan fingerprint density at radius 1 is 1.60 bits per heavy atom. The first-order valence-electron chi connectivity index (χ1n) is 4.97. The molecule has 0 fully saturated rings. The van der Waals surface area contributed by atoms with Gasteiger partial charge in [0.2, 0.25) is 5.82 Å². The predicted octanol–water partition coefficient (Wildman–Crippen LogP) is 1.06. The molecule has 5 nitrogen and oxygen atoms in total. The van der Waals surface area contributed by atoms with E-state index in [1.54, 1.807) is 0 Å². The van der Waals surface area contributed by atoms with Crippen LogP contribution in [0, 0.1) is 0 Å². The van der Waals surface area contributed by atoms with E-state index in [1.165, 1.54) is 0 Å². The lowest BCUT2D eigenvalue weighted by atomic mass is 10.3. The van der Waals surface area contributed by atoms with Crippen LogP contribution in [0.25, 0.3) is 0 Å². The number of H-pyrrole nitrogens is 1. The van der Waals surface area contributed by atoms with E-state index in [0.717, 1.165) is 24.2 Å². The number of nitrogens with one attached hydrogen (secondary N) is 2. The summed E-state index contributed by atoms with van der Waals surface area (Å²) in [7, 11) is 0. The van der Waals surface area contributed by atoms with Gasteiger partial charge in [0.05, 0.1) is 0 Å². The van der Waals surface area contributed by atoms with Crippen LogP contribution in [-0.4, -0.2) is 27.6 Å². The molecule has 0 radical (unpaired) electrons. The standard InChI is InChI=1S/C10H16N4O/c1-4-5-8-12-9(14-13-8)10(15)11-6-7(2)3/h2,4-6H2,1,3H3,(H,11,15)(H,12,13,14). The first-order valence-corrected chi connectivity index (χ1v) is 4.97. The van der Waals surface area contributed by atoms with E-state index >= 15 is 0 Å². The van der Waals surface area contributed by atoms with Gasteiger partial charge in [0.15, 0.2) is 0 Å². The third kappa shape index (κ3) is 3.53. The fourth-order valence-electron chi connectivity index (χ4n) is 1.06. The van der Waals surface area contributed by atoms with Crippen molar-refractivity contribution in [3.05, 3.63) is 23.8 Å². The summed E-state index contributed by atoms with van der Waals surface area (Å²) in [5.74, 6) is 0.675.